The monoisotopic (exact) mass is 404 g/mol. The molecule has 1 aliphatic heterocycles. The van der Waals surface area contributed by atoms with Crippen molar-refractivity contribution in [3.8, 4) is 0 Å². The molecule has 7 heteroatoms. The lowest BCUT2D eigenvalue weighted by molar-refractivity contribution is -0.118. The number of imide groups is 1. The van der Waals surface area contributed by atoms with Crippen molar-refractivity contribution >= 4 is 40.1 Å². The van der Waals surface area contributed by atoms with Gasteiger partial charge in [0.15, 0.2) is 0 Å². The maximum Gasteiger partial charge on any atom is 0.329 e. The second-order valence-corrected chi connectivity index (χ2v) is 7.76. The van der Waals surface area contributed by atoms with Crippen LogP contribution < -0.4 is 15.5 Å². The summed E-state index contributed by atoms with van der Waals surface area (Å²) in [5.41, 5.74) is 5.97. The summed E-state index contributed by atoms with van der Waals surface area (Å²) < 4.78 is 0. The molecule has 0 aliphatic carbocycles. The van der Waals surface area contributed by atoms with Crippen LogP contribution in [0.1, 0.15) is 29.3 Å². The Kier molecular flexibility index (Phi) is 4.81. The van der Waals surface area contributed by atoms with Gasteiger partial charge in [0.25, 0.3) is 5.91 Å². The van der Waals surface area contributed by atoms with Gasteiger partial charge in [0, 0.05) is 16.6 Å². The van der Waals surface area contributed by atoms with E-state index in [1.807, 2.05) is 20.8 Å². The molecule has 0 saturated carbocycles. The highest BCUT2D eigenvalue weighted by Gasteiger charge is 2.37. The molecule has 154 valence electrons. The molecular weight excluding hydrogens is 380 g/mol. The summed E-state index contributed by atoms with van der Waals surface area (Å²) in [7, 11) is 0. The fraction of sp³-hybridized carbons (Fsp3) is 0.261. The Balaban J connectivity index is 1.63. The Bertz CT molecular complexity index is 1190. The summed E-state index contributed by atoms with van der Waals surface area (Å²) in [4.78, 5) is 42.0. The number of carbonyl (C=O) groups excluding carboxylic acids is 3. The molecule has 1 aromatic heterocycles. The number of fused-ring (bicyclic) bond motifs is 1. The van der Waals surface area contributed by atoms with E-state index in [-0.39, 0.29) is 18.2 Å². The molecule has 1 atom stereocenters. The highest BCUT2D eigenvalue weighted by atomic mass is 16.2. The quantitative estimate of drug-likeness (QED) is 0.579. The van der Waals surface area contributed by atoms with Crippen molar-refractivity contribution < 1.29 is 14.4 Å². The molecule has 4 rings (SSSR count). The third-order valence-electron chi connectivity index (χ3n) is 5.58. The second kappa shape index (κ2) is 7.33. The van der Waals surface area contributed by atoms with E-state index < -0.39 is 12.1 Å². The van der Waals surface area contributed by atoms with E-state index in [1.54, 1.807) is 31.2 Å². The molecule has 1 saturated heterocycles. The molecule has 0 radical (unpaired) electrons. The zero-order valence-corrected chi connectivity index (χ0v) is 17.4. The Labute approximate surface area is 174 Å². The normalized spacial score (nSPS) is 16.3. The first-order chi connectivity index (χ1) is 14.3. The van der Waals surface area contributed by atoms with Crippen LogP contribution >= 0.6 is 0 Å². The number of benzene rings is 2. The number of nitrogens with zero attached hydrogens (tertiary/aromatic N) is 1. The summed E-state index contributed by atoms with van der Waals surface area (Å²) in [5, 5.41) is 6.54. The number of carbonyl (C=O) groups is 3. The second-order valence-electron chi connectivity index (χ2n) is 7.76. The molecule has 7 nitrogen and oxygen atoms in total. The van der Waals surface area contributed by atoms with Crippen LogP contribution in [-0.4, -0.2) is 28.9 Å². The van der Waals surface area contributed by atoms with Gasteiger partial charge < -0.3 is 15.6 Å². The minimum absolute atomic E-state index is 0.182. The van der Waals surface area contributed by atoms with Gasteiger partial charge in [-0.2, -0.15) is 0 Å². The van der Waals surface area contributed by atoms with E-state index in [2.05, 4.69) is 27.8 Å². The summed E-state index contributed by atoms with van der Waals surface area (Å²) >= 11 is 0. The number of anilines is 2. The van der Waals surface area contributed by atoms with E-state index in [0.717, 1.165) is 38.2 Å². The van der Waals surface area contributed by atoms with Crippen LogP contribution in [0.4, 0.5) is 16.2 Å². The highest BCUT2D eigenvalue weighted by molar-refractivity contribution is 6.23. The first kappa shape index (κ1) is 19.7. The third-order valence-corrected chi connectivity index (χ3v) is 5.58. The van der Waals surface area contributed by atoms with Crippen molar-refractivity contribution in [2.45, 2.75) is 40.2 Å². The number of H-pyrrole nitrogens is 1. The third kappa shape index (κ3) is 3.22. The molecule has 3 aromatic rings. The van der Waals surface area contributed by atoms with Gasteiger partial charge in [0.2, 0.25) is 5.91 Å². The zero-order valence-electron chi connectivity index (χ0n) is 17.4. The lowest BCUT2D eigenvalue weighted by Gasteiger charge is -2.17. The van der Waals surface area contributed by atoms with Crippen molar-refractivity contribution in [1.82, 2.24) is 10.3 Å². The highest BCUT2D eigenvalue weighted by Crippen LogP contribution is 2.31. The maximum atomic E-state index is 12.9. The number of hydrogen-bond donors (Lipinski definition) is 3. The first-order valence-electron chi connectivity index (χ1n) is 9.88. The fourth-order valence-electron chi connectivity index (χ4n) is 4.00. The lowest BCUT2D eigenvalue weighted by Crippen LogP contribution is -2.32. The molecule has 0 bridgehead atoms. The number of nitrogens with one attached hydrogen (secondary N) is 3. The van der Waals surface area contributed by atoms with Crippen LogP contribution in [0.25, 0.3) is 10.9 Å². The van der Waals surface area contributed by atoms with E-state index in [1.165, 1.54) is 0 Å². The molecule has 1 aliphatic rings. The number of urea groups is 1. The van der Waals surface area contributed by atoms with Gasteiger partial charge in [0.05, 0.1) is 17.8 Å². The summed E-state index contributed by atoms with van der Waals surface area (Å²) in [6.07, 6.45) is 0.182. The molecule has 0 spiro atoms. The van der Waals surface area contributed by atoms with Gasteiger partial charge in [-0.05, 0) is 56.5 Å². The average molecular weight is 404 g/mol. The van der Waals surface area contributed by atoms with Gasteiger partial charge in [-0.15, -0.1) is 0 Å². The van der Waals surface area contributed by atoms with Gasteiger partial charge in [-0.25, -0.2) is 9.69 Å². The van der Waals surface area contributed by atoms with Crippen molar-refractivity contribution in [1.29, 1.82) is 0 Å². The smallest absolute Gasteiger partial charge is 0.329 e. The van der Waals surface area contributed by atoms with Crippen LogP contribution in [0.15, 0.2) is 36.4 Å². The van der Waals surface area contributed by atoms with Gasteiger partial charge in [0.1, 0.15) is 6.04 Å². The molecule has 2 aromatic carbocycles. The molecular formula is C23H24N4O3. The van der Waals surface area contributed by atoms with Crippen LogP contribution in [0.5, 0.6) is 0 Å². The van der Waals surface area contributed by atoms with Crippen LogP contribution in [0.3, 0.4) is 0 Å². The number of aryl methyl sites for hydroxylation is 3. The topological polar surface area (TPSA) is 94.3 Å². The van der Waals surface area contributed by atoms with Crippen molar-refractivity contribution in [3.63, 3.8) is 0 Å². The molecule has 2 heterocycles. The van der Waals surface area contributed by atoms with E-state index >= 15 is 0 Å². The summed E-state index contributed by atoms with van der Waals surface area (Å²) in [6.45, 7) is 7.66. The predicted octanol–water partition coefficient (Wildman–Crippen LogP) is 3.72. The zero-order chi connectivity index (χ0) is 21.6. The van der Waals surface area contributed by atoms with E-state index in [0.29, 0.717) is 11.4 Å². The van der Waals surface area contributed by atoms with E-state index in [4.69, 9.17) is 0 Å². The molecule has 1 fully saturated rings. The minimum atomic E-state index is -0.596. The Hall–Kier alpha value is -3.61. The summed E-state index contributed by atoms with van der Waals surface area (Å²) in [6, 6.07) is 9.85. The standard InChI is InChI=1S/C23H24N4O3/c1-12-9-10-13(2)21-20(12)16(14(3)24-21)11-19(28)26-17-7-5-6-8-18(17)27-22(29)15(4)25-23(27)30/h5-10,15,24H,11H2,1-4H3,(H,25,30)(H,26,28). The SMILES string of the molecule is Cc1[nH]c2c(C)ccc(C)c2c1CC(=O)Nc1ccccc1N1C(=O)NC(C)C1=O. The Morgan fingerprint density at radius 3 is 2.47 bits per heavy atom. The molecule has 3 N–H and O–H groups in total. The molecule has 30 heavy (non-hydrogen) atoms. The number of para-hydroxylation sites is 2. The van der Waals surface area contributed by atoms with Crippen LogP contribution in [0.2, 0.25) is 0 Å². The summed E-state index contributed by atoms with van der Waals surface area (Å²) in [5.74, 6) is -0.562. The van der Waals surface area contributed by atoms with Crippen molar-refractivity contribution in [3.05, 3.63) is 58.8 Å². The molecule has 1 unspecified atom stereocenters. The van der Waals surface area contributed by atoms with Crippen LogP contribution in [-0.2, 0) is 16.0 Å². The lowest BCUT2D eigenvalue weighted by atomic mass is 10.0. The average Bonchev–Trinajstić information content (AvgIpc) is 3.16. The van der Waals surface area contributed by atoms with Crippen LogP contribution in [0, 0.1) is 20.8 Å². The van der Waals surface area contributed by atoms with Gasteiger partial charge >= 0.3 is 6.03 Å². The predicted molar refractivity (Wildman–Crippen MR) is 117 cm³/mol. The fourth-order valence-corrected chi connectivity index (χ4v) is 4.00. The first-order valence-corrected chi connectivity index (χ1v) is 9.88. The number of rotatable bonds is 4. The number of aromatic nitrogens is 1. The largest absolute Gasteiger partial charge is 0.358 e. The van der Waals surface area contributed by atoms with E-state index in [9.17, 15) is 14.4 Å². The van der Waals surface area contributed by atoms with Crippen molar-refractivity contribution in [2.24, 2.45) is 0 Å². The van der Waals surface area contributed by atoms with Gasteiger partial charge in [-0.1, -0.05) is 24.3 Å². The maximum absolute atomic E-state index is 12.9. The van der Waals surface area contributed by atoms with Gasteiger partial charge in [-0.3, -0.25) is 9.59 Å². The number of hydrogen-bond acceptors (Lipinski definition) is 3. The van der Waals surface area contributed by atoms with Crippen molar-refractivity contribution in [2.75, 3.05) is 10.2 Å². The Morgan fingerprint density at radius 2 is 1.77 bits per heavy atom. The minimum Gasteiger partial charge on any atom is -0.358 e. The molecule has 4 amide bonds. The number of aromatic amines is 1. The Morgan fingerprint density at radius 1 is 1.07 bits per heavy atom. The number of amides is 4.